The molecule has 0 radical (unpaired) electrons. The molecular formula is C15H20ClF3N2. The van der Waals surface area contributed by atoms with Crippen molar-refractivity contribution in [1.82, 2.24) is 5.32 Å². The third-order valence-electron chi connectivity index (χ3n) is 3.57. The van der Waals surface area contributed by atoms with Gasteiger partial charge in [0.1, 0.15) is 0 Å². The first kappa shape index (κ1) is 16.4. The molecule has 1 fully saturated rings. The maximum Gasteiger partial charge on any atom is 0.416 e. The fourth-order valence-electron chi connectivity index (χ4n) is 2.74. The molecule has 1 aromatic carbocycles. The van der Waals surface area contributed by atoms with Crippen molar-refractivity contribution in [2.75, 3.05) is 18.0 Å². The van der Waals surface area contributed by atoms with Crippen molar-refractivity contribution >= 4 is 17.3 Å². The predicted octanol–water partition coefficient (Wildman–Crippen LogP) is 4.33. The van der Waals surface area contributed by atoms with Crippen LogP contribution < -0.4 is 10.2 Å². The zero-order valence-corrected chi connectivity index (χ0v) is 12.9. The highest BCUT2D eigenvalue weighted by Crippen LogP contribution is 2.35. The number of hydrogen-bond acceptors (Lipinski definition) is 2. The van der Waals surface area contributed by atoms with Crippen LogP contribution in [0.15, 0.2) is 18.2 Å². The number of nitrogens with zero attached hydrogens (tertiary/aromatic N) is 1. The minimum atomic E-state index is -4.37. The van der Waals surface area contributed by atoms with E-state index < -0.39 is 11.7 Å². The number of rotatable bonds is 3. The molecule has 1 unspecified atom stereocenters. The molecule has 21 heavy (non-hydrogen) atoms. The highest BCUT2D eigenvalue weighted by molar-refractivity contribution is 6.30. The fourth-order valence-corrected chi connectivity index (χ4v) is 2.97. The van der Waals surface area contributed by atoms with E-state index in [1.807, 2.05) is 4.90 Å². The Kier molecular flexibility index (Phi) is 5.04. The Hall–Kier alpha value is -0.940. The molecule has 0 amide bonds. The van der Waals surface area contributed by atoms with E-state index in [0.717, 1.165) is 25.5 Å². The Balaban J connectivity index is 2.19. The van der Waals surface area contributed by atoms with Crippen molar-refractivity contribution in [2.24, 2.45) is 0 Å². The summed E-state index contributed by atoms with van der Waals surface area (Å²) in [7, 11) is 0. The van der Waals surface area contributed by atoms with Gasteiger partial charge in [0.15, 0.2) is 0 Å². The van der Waals surface area contributed by atoms with Crippen molar-refractivity contribution in [3.8, 4) is 0 Å². The summed E-state index contributed by atoms with van der Waals surface area (Å²) in [6.45, 7) is 5.60. The van der Waals surface area contributed by atoms with Crippen LogP contribution in [-0.2, 0) is 6.18 Å². The van der Waals surface area contributed by atoms with Gasteiger partial charge in [0, 0.05) is 35.9 Å². The third kappa shape index (κ3) is 4.51. The van der Waals surface area contributed by atoms with Crippen LogP contribution >= 0.6 is 11.6 Å². The molecule has 1 atom stereocenters. The number of halogens is 4. The molecule has 0 saturated carbocycles. The second-order valence-electron chi connectivity index (χ2n) is 5.80. The number of nitrogens with one attached hydrogen (secondary N) is 1. The van der Waals surface area contributed by atoms with Crippen LogP contribution in [0.25, 0.3) is 0 Å². The van der Waals surface area contributed by atoms with Gasteiger partial charge in [-0.15, -0.1) is 0 Å². The van der Waals surface area contributed by atoms with Gasteiger partial charge < -0.3 is 10.2 Å². The fraction of sp³-hybridized carbons (Fsp3) is 0.600. The molecule has 0 spiro atoms. The summed E-state index contributed by atoms with van der Waals surface area (Å²) >= 11 is 5.85. The van der Waals surface area contributed by atoms with Crippen LogP contribution in [0.1, 0.15) is 32.3 Å². The van der Waals surface area contributed by atoms with E-state index >= 15 is 0 Å². The quantitative estimate of drug-likeness (QED) is 0.892. The van der Waals surface area contributed by atoms with Crippen molar-refractivity contribution in [3.05, 3.63) is 28.8 Å². The number of alkyl halides is 3. The Morgan fingerprint density at radius 3 is 2.62 bits per heavy atom. The summed E-state index contributed by atoms with van der Waals surface area (Å²) in [4.78, 5) is 1.98. The van der Waals surface area contributed by atoms with Crippen molar-refractivity contribution < 1.29 is 13.2 Å². The van der Waals surface area contributed by atoms with Crippen molar-refractivity contribution in [3.63, 3.8) is 0 Å². The van der Waals surface area contributed by atoms with Crippen LogP contribution in [0, 0.1) is 0 Å². The summed E-state index contributed by atoms with van der Waals surface area (Å²) in [5.41, 5.74) is -0.144. The van der Waals surface area contributed by atoms with E-state index in [1.165, 1.54) is 6.07 Å². The summed E-state index contributed by atoms with van der Waals surface area (Å²) in [5.74, 6) is 0. The van der Waals surface area contributed by atoms with E-state index in [9.17, 15) is 13.2 Å². The smallest absolute Gasteiger partial charge is 0.370 e. The second-order valence-corrected chi connectivity index (χ2v) is 6.24. The van der Waals surface area contributed by atoms with Crippen molar-refractivity contribution in [1.29, 1.82) is 0 Å². The minimum Gasteiger partial charge on any atom is -0.370 e. The van der Waals surface area contributed by atoms with E-state index in [4.69, 9.17) is 11.6 Å². The van der Waals surface area contributed by atoms with Gasteiger partial charge in [-0.25, -0.2) is 0 Å². The lowest BCUT2D eigenvalue weighted by Gasteiger charge is -2.36. The Morgan fingerprint density at radius 1 is 1.29 bits per heavy atom. The zero-order valence-electron chi connectivity index (χ0n) is 12.2. The van der Waals surface area contributed by atoms with Crippen LogP contribution in [0.5, 0.6) is 0 Å². The molecule has 0 bridgehead atoms. The first-order chi connectivity index (χ1) is 9.75. The molecular weight excluding hydrogens is 301 g/mol. The molecule has 0 aromatic heterocycles. The SMILES string of the molecule is CC(C)NC1CCCN(c2cc(Cl)cc(C(F)(F)F)c2)C1. The Bertz CT molecular complexity index is 488. The average molecular weight is 321 g/mol. The van der Waals surface area contributed by atoms with Crippen LogP contribution in [0.4, 0.5) is 18.9 Å². The van der Waals surface area contributed by atoms with Crippen molar-refractivity contribution in [2.45, 2.75) is 44.9 Å². The molecule has 1 aromatic rings. The molecule has 1 N–H and O–H groups in total. The number of benzene rings is 1. The maximum atomic E-state index is 12.9. The third-order valence-corrected chi connectivity index (χ3v) is 3.78. The van der Waals surface area contributed by atoms with Gasteiger partial charge in [-0.2, -0.15) is 13.2 Å². The van der Waals surface area contributed by atoms with E-state index in [-0.39, 0.29) is 5.02 Å². The molecule has 2 nitrogen and oxygen atoms in total. The maximum absolute atomic E-state index is 12.9. The van der Waals surface area contributed by atoms with Gasteiger partial charge in [0.25, 0.3) is 0 Å². The standard InChI is InChI=1S/C15H20ClF3N2/c1-10(2)20-13-4-3-5-21(9-13)14-7-11(15(17,18)19)6-12(16)8-14/h6-8,10,13,20H,3-5,9H2,1-2H3. The second kappa shape index (κ2) is 6.44. The van der Waals surface area contributed by atoms with Gasteiger partial charge in [-0.05, 0) is 31.0 Å². The number of piperidine rings is 1. The number of anilines is 1. The lowest BCUT2D eigenvalue weighted by Crippen LogP contribution is -2.48. The van der Waals surface area contributed by atoms with E-state index in [0.29, 0.717) is 24.3 Å². The normalized spacial score (nSPS) is 20.1. The van der Waals surface area contributed by atoms with E-state index in [2.05, 4.69) is 19.2 Å². The molecule has 1 saturated heterocycles. The molecule has 1 heterocycles. The first-order valence-corrected chi connectivity index (χ1v) is 7.52. The monoisotopic (exact) mass is 320 g/mol. The largest absolute Gasteiger partial charge is 0.416 e. The topological polar surface area (TPSA) is 15.3 Å². The summed E-state index contributed by atoms with van der Waals surface area (Å²) < 4.78 is 38.6. The lowest BCUT2D eigenvalue weighted by atomic mass is 10.0. The summed E-state index contributed by atoms with van der Waals surface area (Å²) in [6.07, 6.45) is -2.37. The van der Waals surface area contributed by atoms with Gasteiger partial charge >= 0.3 is 6.18 Å². The highest BCUT2D eigenvalue weighted by atomic mass is 35.5. The zero-order chi connectivity index (χ0) is 15.6. The summed E-state index contributed by atoms with van der Waals surface area (Å²) in [5, 5.41) is 3.57. The van der Waals surface area contributed by atoms with Gasteiger partial charge in [-0.3, -0.25) is 0 Å². The summed E-state index contributed by atoms with van der Waals surface area (Å²) in [6, 6.07) is 4.42. The molecule has 0 aliphatic carbocycles. The Labute approximate surface area is 128 Å². The molecule has 1 aliphatic rings. The highest BCUT2D eigenvalue weighted by Gasteiger charge is 2.32. The van der Waals surface area contributed by atoms with Gasteiger partial charge in [0.05, 0.1) is 5.56 Å². The lowest BCUT2D eigenvalue weighted by molar-refractivity contribution is -0.137. The number of hydrogen-bond donors (Lipinski definition) is 1. The predicted molar refractivity (Wildman–Crippen MR) is 80.0 cm³/mol. The van der Waals surface area contributed by atoms with Gasteiger partial charge in [-0.1, -0.05) is 25.4 Å². The molecule has 1 aliphatic heterocycles. The van der Waals surface area contributed by atoms with Crippen LogP contribution in [0.3, 0.4) is 0 Å². The van der Waals surface area contributed by atoms with Crippen LogP contribution in [0.2, 0.25) is 5.02 Å². The molecule has 6 heteroatoms. The first-order valence-electron chi connectivity index (χ1n) is 7.14. The van der Waals surface area contributed by atoms with Crippen LogP contribution in [-0.4, -0.2) is 25.2 Å². The van der Waals surface area contributed by atoms with Gasteiger partial charge in [0.2, 0.25) is 0 Å². The molecule has 118 valence electrons. The molecule has 2 rings (SSSR count). The Morgan fingerprint density at radius 2 is 2.00 bits per heavy atom. The average Bonchev–Trinajstić information content (AvgIpc) is 2.36. The minimum absolute atomic E-state index is 0.124. The van der Waals surface area contributed by atoms with E-state index in [1.54, 1.807) is 6.07 Å².